The lowest BCUT2D eigenvalue weighted by molar-refractivity contribution is -0.139. The van der Waals surface area contributed by atoms with Crippen molar-refractivity contribution >= 4 is 29.6 Å². The summed E-state index contributed by atoms with van der Waals surface area (Å²) in [7, 11) is 0. The highest BCUT2D eigenvalue weighted by Gasteiger charge is 2.16. The number of carbonyl (C=O) groups excluding carboxylic acids is 3. The van der Waals surface area contributed by atoms with E-state index < -0.39 is 11.8 Å². The van der Waals surface area contributed by atoms with Crippen LogP contribution in [0, 0.1) is 0 Å². The number of hydrogen-bond donors (Lipinski definition) is 3. The molecule has 0 fully saturated rings. The zero-order valence-electron chi connectivity index (χ0n) is 22.2. The first-order valence-electron chi connectivity index (χ1n) is 12.7. The van der Waals surface area contributed by atoms with Gasteiger partial charge in [-0.3, -0.25) is 14.4 Å². The van der Waals surface area contributed by atoms with E-state index >= 15 is 0 Å². The third-order valence-electron chi connectivity index (χ3n) is 5.77. The van der Waals surface area contributed by atoms with Gasteiger partial charge in [-0.05, 0) is 66.4 Å². The first-order chi connectivity index (χ1) is 19.5. The van der Waals surface area contributed by atoms with Crippen molar-refractivity contribution in [3.8, 4) is 23.0 Å². The number of nitrogens with zero attached hydrogens (tertiary/aromatic N) is 1. The molecule has 0 saturated heterocycles. The van der Waals surface area contributed by atoms with Crippen molar-refractivity contribution in [3.63, 3.8) is 0 Å². The molecule has 0 unspecified atom stereocenters. The van der Waals surface area contributed by atoms with Crippen LogP contribution >= 0.6 is 0 Å². The minimum atomic E-state index is -0.919. The van der Waals surface area contributed by atoms with Gasteiger partial charge in [-0.15, -0.1) is 0 Å². The van der Waals surface area contributed by atoms with Crippen LogP contribution in [0.5, 0.6) is 23.0 Å². The lowest BCUT2D eigenvalue weighted by Gasteiger charge is -2.13. The number of nitrogens with one attached hydrogen (secondary N) is 3. The van der Waals surface area contributed by atoms with Gasteiger partial charge in [0.1, 0.15) is 0 Å². The molecule has 3 amide bonds. The maximum absolute atomic E-state index is 12.4. The summed E-state index contributed by atoms with van der Waals surface area (Å²) >= 11 is 0. The monoisotopic (exact) mass is 546 g/mol. The number of ether oxygens (including phenoxy) is 4. The zero-order valence-corrected chi connectivity index (χ0v) is 22.2. The molecule has 1 aliphatic rings. The van der Waals surface area contributed by atoms with Gasteiger partial charge in [0.2, 0.25) is 6.79 Å². The van der Waals surface area contributed by atoms with Gasteiger partial charge >= 0.3 is 11.8 Å². The number of carbonyl (C=O) groups is 3. The second kappa shape index (κ2) is 13.7. The van der Waals surface area contributed by atoms with Crippen molar-refractivity contribution in [2.75, 3.05) is 25.3 Å². The van der Waals surface area contributed by atoms with E-state index in [1.807, 2.05) is 38.1 Å². The summed E-state index contributed by atoms with van der Waals surface area (Å²) in [4.78, 5) is 36.7. The van der Waals surface area contributed by atoms with Crippen molar-refractivity contribution in [3.05, 3.63) is 77.4 Å². The third kappa shape index (κ3) is 7.50. The molecular weight excluding hydrogens is 516 g/mol. The lowest BCUT2D eigenvalue weighted by atomic mass is 10.1. The maximum Gasteiger partial charge on any atom is 0.329 e. The summed E-state index contributed by atoms with van der Waals surface area (Å²) in [5.41, 5.74) is 5.31. The van der Waals surface area contributed by atoms with Gasteiger partial charge in [0, 0.05) is 12.2 Å². The Labute approximate surface area is 231 Å². The molecule has 0 bridgehead atoms. The van der Waals surface area contributed by atoms with E-state index in [0.717, 1.165) is 23.2 Å². The van der Waals surface area contributed by atoms with Crippen molar-refractivity contribution in [1.82, 2.24) is 10.7 Å². The normalized spacial score (nSPS) is 11.7. The molecule has 3 aromatic rings. The summed E-state index contributed by atoms with van der Waals surface area (Å²) in [5.74, 6) is -0.0524. The maximum atomic E-state index is 12.4. The fourth-order valence-corrected chi connectivity index (χ4v) is 3.80. The summed E-state index contributed by atoms with van der Waals surface area (Å²) < 4.78 is 21.9. The van der Waals surface area contributed by atoms with Crippen LogP contribution in [-0.2, 0) is 27.3 Å². The molecule has 0 saturated carbocycles. The number of para-hydroxylation sites is 1. The summed E-state index contributed by atoms with van der Waals surface area (Å²) in [5, 5.41) is 9.24. The first kappa shape index (κ1) is 28.0. The van der Waals surface area contributed by atoms with Gasteiger partial charge in [0.05, 0.1) is 12.8 Å². The lowest BCUT2D eigenvalue weighted by Crippen LogP contribution is -2.37. The molecule has 0 atom stereocenters. The van der Waals surface area contributed by atoms with Gasteiger partial charge in [-0.25, -0.2) is 5.43 Å². The Balaban J connectivity index is 1.27. The second-order valence-corrected chi connectivity index (χ2v) is 8.56. The molecule has 11 nitrogen and oxygen atoms in total. The van der Waals surface area contributed by atoms with Crippen molar-refractivity contribution < 1.29 is 33.3 Å². The van der Waals surface area contributed by atoms with Gasteiger partial charge in [0.15, 0.2) is 29.6 Å². The highest BCUT2D eigenvalue weighted by molar-refractivity contribution is 6.35. The first-order valence-corrected chi connectivity index (χ1v) is 12.7. The van der Waals surface area contributed by atoms with Gasteiger partial charge in [0.25, 0.3) is 5.91 Å². The molecule has 0 spiro atoms. The highest BCUT2D eigenvalue weighted by atomic mass is 16.7. The molecule has 3 aromatic carbocycles. The summed E-state index contributed by atoms with van der Waals surface area (Å²) in [6.07, 6.45) is 2.16. The van der Waals surface area contributed by atoms with Crippen LogP contribution in [0.1, 0.15) is 30.5 Å². The molecule has 0 aliphatic carbocycles. The van der Waals surface area contributed by atoms with Crippen molar-refractivity contribution in [2.24, 2.45) is 5.10 Å². The Morgan fingerprint density at radius 2 is 1.75 bits per heavy atom. The van der Waals surface area contributed by atoms with E-state index in [4.69, 9.17) is 18.9 Å². The SMILES string of the molecule is CCOc1cc(/C=N\NC(=O)C(=O)NCc2ccc3c(c2)OCO3)ccc1OCC(=O)Nc1ccccc1CC. The number of rotatable bonds is 11. The van der Waals surface area contributed by atoms with Crippen LogP contribution in [0.2, 0.25) is 0 Å². The number of anilines is 1. The van der Waals surface area contributed by atoms with Crippen molar-refractivity contribution in [1.29, 1.82) is 0 Å². The minimum Gasteiger partial charge on any atom is -0.490 e. The average Bonchev–Trinajstić information content (AvgIpc) is 3.44. The van der Waals surface area contributed by atoms with E-state index in [-0.39, 0.29) is 25.9 Å². The van der Waals surface area contributed by atoms with Gasteiger partial charge < -0.3 is 29.6 Å². The topological polar surface area (TPSA) is 137 Å². The molecule has 0 radical (unpaired) electrons. The minimum absolute atomic E-state index is 0.134. The van der Waals surface area contributed by atoms with Gasteiger partial charge in [-0.1, -0.05) is 31.2 Å². The van der Waals surface area contributed by atoms with Crippen LogP contribution in [-0.4, -0.2) is 43.9 Å². The number of benzene rings is 3. The van der Waals surface area contributed by atoms with Crippen molar-refractivity contribution in [2.45, 2.75) is 26.8 Å². The fraction of sp³-hybridized carbons (Fsp3) is 0.241. The molecular formula is C29H30N4O7. The Morgan fingerprint density at radius 3 is 2.58 bits per heavy atom. The van der Waals surface area contributed by atoms with Crippen LogP contribution in [0.25, 0.3) is 0 Å². The molecule has 1 aliphatic heterocycles. The van der Waals surface area contributed by atoms with E-state index in [1.54, 1.807) is 36.4 Å². The van der Waals surface area contributed by atoms with Crippen LogP contribution in [0.3, 0.4) is 0 Å². The summed E-state index contributed by atoms with van der Waals surface area (Å²) in [6, 6.07) is 17.8. The highest BCUT2D eigenvalue weighted by Crippen LogP contribution is 2.32. The number of fused-ring (bicyclic) bond motifs is 1. The standard InChI is InChI=1S/C29H30N4O7/c1-3-21-7-5-6-8-22(21)32-27(34)17-38-23-11-10-20(14-25(23)37-4-2)16-31-33-29(36)28(35)30-15-19-9-12-24-26(13-19)40-18-39-24/h5-14,16H,3-4,15,17-18H2,1-2H3,(H,30,35)(H,32,34)(H,33,36)/b31-16-. The quantitative estimate of drug-likeness (QED) is 0.191. The van der Waals surface area contributed by atoms with E-state index in [0.29, 0.717) is 35.2 Å². The van der Waals surface area contributed by atoms with E-state index in [2.05, 4.69) is 21.2 Å². The smallest absolute Gasteiger partial charge is 0.329 e. The second-order valence-electron chi connectivity index (χ2n) is 8.56. The molecule has 1 heterocycles. The Hall–Kier alpha value is -5.06. The molecule has 208 valence electrons. The molecule has 4 rings (SSSR count). The molecule has 3 N–H and O–H groups in total. The number of amides is 3. The number of hydrogen-bond acceptors (Lipinski definition) is 8. The molecule has 11 heteroatoms. The third-order valence-corrected chi connectivity index (χ3v) is 5.77. The number of aryl methyl sites for hydroxylation is 1. The molecule has 0 aromatic heterocycles. The van der Waals surface area contributed by atoms with Crippen LogP contribution < -0.4 is 35.0 Å². The predicted molar refractivity (Wildman–Crippen MR) is 148 cm³/mol. The van der Waals surface area contributed by atoms with E-state index in [1.165, 1.54) is 6.21 Å². The van der Waals surface area contributed by atoms with E-state index in [9.17, 15) is 14.4 Å². The largest absolute Gasteiger partial charge is 0.490 e. The summed E-state index contributed by atoms with van der Waals surface area (Å²) in [6.45, 7) is 4.29. The van der Waals surface area contributed by atoms with Crippen LogP contribution in [0.15, 0.2) is 65.8 Å². The Morgan fingerprint density at radius 1 is 0.925 bits per heavy atom. The van der Waals surface area contributed by atoms with Gasteiger partial charge in [-0.2, -0.15) is 5.10 Å². The van der Waals surface area contributed by atoms with Crippen LogP contribution in [0.4, 0.5) is 5.69 Å². The Bertz CT molecular complexity index is 1410. The number of hydrazone groups is 1. The average molecular weight is 547 g/mol. The fourth-order valence-electron chi connectivity index (χ4n) is 3.80. The predicted octanol–water partition coefficient (Wildman–Crippen LogP) is 3.16. The Kier molecular flexibility index (Phi) is 9.54. The molecule has 40 heavy (non-hydrogen) atoms. The zero-order chi connectivity index (χ0) is 28.3.